The van der Waals surface area contributed by atoms with Crippen molar-refractivity contribution in [3.63, 3.8) is 0 Å². The van der Waals surface area contributed by atoms with E-state index in [1.807, 2.05) is 30.6 Å². The van der Waals surface area contributed by atoms with E-state index in [1.165, 1.54) is 6.33 Å². The molecule has 98 valence electrons. The Bertz CT molecular complexity index is 705. The van der Waals surface area contributed by atoms with Gasteiger partial charge in [-0.3, -0.25) is 0 Å². The van der Waals surface area contributed by atoms with Crippen LogP contribution in [0.15, 0.2) is 60.1 Å². The highest BCUT2D eigenvalue weighted by Gasteiger charge is 2.06. The number of halogens is 1. The third-order valence-electron chi connectivity index (χ3n) is 2.47. The van der Waals surface area contributed by atoms with Crippen LogP contribution in [0, 0.1) is 0 Å². The van der Waals surface area contributed by atoms with Crippen LogP contribution in [0.4, 0.5) is 5.82 Å². The Morgan fingerprint density at radius 1 is 1.00 bits per heavy atom. The molecule has 0 aliphatic heterocycles. The molecule has 0 radical (unpaired) electrons. The molecule has 0 saturated heterocycles. The molecule has 0 atom stereocenters. The van der Waals surface area contributed by atoms with E-state index in [-0.39, 0.29) is 0 Å². The van der Waals surface area contributed by atoms with E-state index in [2.05, 4.69) is 41.3 Å². The maximum atomic E-state index is 4.43. The maximum absolute atomic E-state index is 4.43. The van der Waals surface area contributed by atoms with Crippen LogP contribution in [0.1, 0.15) is 0 Å². The van der Waals surface area contributed by atoms with E-state index >= 15 is 0 Å². The summed E-state index contributed by atoms with van der Waals surface area (Å²) in [5.41, 5.74) is 5.81. The minimum absolute atomic E-state index is 0.499. The predicted octanol–water partition coefficient (Wildman–Crippen LogP) is 2.45. The molecule has 7 heteroatoms. The lowest BCUT2D eigenvalue weighted by atomic mass is 10.2. The van der Waals surface area contributed by atoms with Gasteiger partial charge in [-0.05, 0) is 22.1 Å². The molecule has 0 aliphatic carbocycles. The summed E-state index contributed by atoms with van der Waals surface area (Å²) in [4.78, 5) is 16.7. The van der Waals surface area contributed by atoms with Crippen LogP contribution in [-0.2, 0) is 0 Å². The first-order valence-corrected chi connectivity index (χ1v) is 6.58. The van der Waals surface area contributed by atoms with Crippen molar-refractivity contribution in [2.45, 2.75) is 0 Å². The zero-order valence-electron chi connectivity index (χ0n) is 10.3. The average molecular weight is 329 g/mol. The minimum Gasteiger partial charge on any atom is -0.434 e. The number of hydrogen-bond acceptors (Lipinski definition) is 4. The summed E-state index contributed by atoms with van der Waals surface area (Å²) in [6.45, 7) is 0. The van der Waals surface area contributed by atoms with Gasteiger partial charge in [-0.2, -0.15) is 10.1 Å². The molecule has 3 rings (SSSR count). The van der Waals surface area contributed by atoms with Crippen molar-refractivity contribution in [3.05, 3.63) is 65.5 Å². The van der Waals surface area contributed by atoms with Gasteiger partial charge in [0.2, 0.25) is 0 Å². The van der Waals surface area contributed by atoms with Crippen LogP contribution >= 0.6 is 15.9 Å². The van der Waals surface area contributed by atoms with E-state index in [9.17, 15) is 0 Å². The van der Waals surface area contributed by atoms with Gasteiger partial charge in [-0.25, -0.2) is 15.0 Å². The van der Waals surface area contributed by atoms with Crippen molar-refractivity contribution in [3.8, 4) is 11.3 Å². The molecule has 0 bridgehead atoms. The molecule has 0 spiro atoms. The third-order valence-corrected chi connectivity index (χ3v) is 2.85. The Labute approximate surface area is 123 Å². The van der Waals surface area contributed by atoms with Crippen molar-refractivity contribution in [1.29, 1.82) is 0 Å². The van der Waals surface area contributed by atoms with Gasteiger partial charge in [0.05, 0.1) is 5.69 Å². The first kappa shape index (κ1) is 12.6. The van der Waals surface area contributed by atoms with Gasteiger partial charge >= 0.3 is 0 Å². The average Bonchev–Trinajstić information content (AvgIpc) is 2.51. The first-order valence-electron chi connectivity index (χ1n) is 5.79. The second-order valence-corrected chi connectivity index (χ2v) is 4.66. The van der Waals surface area contributed by atoms with Crippen LogP contribution in [-0.4, -0.2) is 19.9 Å². The summed E-state index contributed by atoms with van der Waals surface area (Å²) in [6, 6.07) is 5.70. The summed E-state index contributed by atoms with van der Waals surface area (Å²) in [5.74, 6) is 0.499. The molecule has 3 aromatic heterocycles. The van der Waals surface area contributed by atoms with Gasteiger partial charge in [0, 0.05) is 35.9 Å². The first-order chi connectivity index (χ1) is 9.83. The SMILES string of the molecule is Brc1cnc([N-][n+]2ccccc2)c(-c2cncnc2)n1. The van der Waals surface area contributed by atoms with Gasteiger partial charge in [0.1, 0.15) is 10.9 Å². The fourth-order valence-corrected chi connectivity index (χ4v) is 1.89. The van der Waals surface area contributed by atoms with E-state index in [0.717, 1.165) is 5.56 Å². The lowest BCUT2D eigenvalue weighted by Crippen LogP contribution is -2.26. The van der Waals surface area contributed by atoms with Crippen LogP contribution in [0.25, 0.3) is 16.7 Å². The predicted molar refractivity (Wildman–Crippen MR) is 75.8 cm³/mol. The topological polar surface area (TPSA) is 69.5 Å². The van der Waals surface area contributed by atoms with E-state index in [1.54, 1.807) is 23.3 Å². The fourth-order valence-electron chi connectivity index (χ4n) is 1.62. The molecular weight excluding hydrogens is 320 g/mol. The summed E-state index contributed by atoms with van der Waals surface area (Å²) in [6.07, 6.45) is 10.1. The molecule has 0 saturated carbocycles. The Morgan fingerprint density at radius 2 is 1.75 bits per heavy atom. The fraction of sp³-hybridized carbons (Fsp3) is 0. The molecule has 0 aromatic carbocycles. The van der Waals surface area contributed by atoms with Gasteiger partial charge < -0.3 is 4.98 Å². The van der Waals surface area contributed by atoms with Crippen molar-refractivity contribution in [2.24, 2.45) is 0 Å². The molecule has 0 fully saturated rings. The van der Waals surface area contributed by atoms with Crippen molar-refractivity contribution >= 4 is 21.7 Å². The Balaban J connectivity index is 2.03. The highest BCUT2D eigenvalue weighted by molar-refractivity contribution is 9.10. The molecular formula is C13H9BrN6. The number of hydrogen-bond donors (Lipinski definition) is 0. The second kappa shape index (κ2) is 5.70. The largest absolute Gasteiger partial charge is 0.434 e. The van der Waals surface area contributed by atoms with Crippen molar-refractivity contribution < 1.29 is 4.68 Å². The Hall–Kier alpha value is -2.41. The molecule has 3 aromatic rings. The van der Waals surface area contributed by atoms with Crippen LogP contribution in [0.5, 0.6) is 0 Å². The van der Waals surface area contributed by atoms with E-state index in [0.29, 0.717) is 16.1 Å². The summed E-state index contributed by atoms with van der Waals surface area (Å²) >= 11 is 3.32. The standard InChI is InChI=1S/C13H9BrN6/c14-11-8-17-13(19-20-4-2-1-3-5-20)12(18-11)10-6-15-9-16-7-10/h1-9H. The van der Waals surface area contributed by atoms with Crippen molar-refractivity contribution in [1.82, 2.24) is 19.9 Å². The monoisotopic (exact) mass is 328 g/mol. The van der Waals surface area contributed by atoms with Gasteiger partial charge in [0.25, 0.3) is 0 Å². The number of aromatic nitrogens is 5. The van der Waals surface area contributed by atoms with Gasteiger partial charge in [0.15, 0.2) is 12.4 Å². The number of rotatable bonds is 3. The van der Waals surface area contributed by atoms with Gasteiger partial charge in [-0.15, -0.1) is 0 Å². The maximum Gasteiger partial charge on any atom is 0.182 e. The van der Waals surface area contributed by atoms with Crippen LogP contribution < -0.4 is 4.68 Å². The highest BCUT2D eigenvalue weighted by atomic mass is 79.9. The summed E-state index contributed by atoms with van der Waals surface area (Å²) < 4.78 is 2.30. The number of pyridine rings is 1. The summed E-state index contributed by atoms with van der Waals surface area (Å²) in [7, 11) is 0. The Kier molecular flexibility index (Phi) is 3.60. The van der Waals surface area contributed by atoms with E-state index in [4.69, 9.17) is 0 Å². The molecule has 0 unspecified atom stereocenters. The molecule has 3 heterocycles. The third kappa shape index (κ3) is 2.77. The lowest BCUT2D eigenvalue weighted by molar-refractivity contribution is -0.619. The molecule has 0 N–H and O–H groups in total. The number of nitrogens with zero attached hydrogens (tertiary/aromatic N) is 6. The molecule has 6 nitrogen and oxygen atoms in total. The van der Waals surface area contributed by atoms with Crippen LogP contribution in [0.3, 0.4) is 0 Å². The zero-order chi connectivity index (χ0) is 13.8. The minimum atomic E-state index is 0.499. The van der Waals surface area contributed by atoms with Crippen molar-refractivity contribution in [2.75, 3.05) is 0 Å². The summed E-state index contributed by atoms with van der Waals surface area (Å²) in [5, 5.41) is 0. The second-order valence-electron chi connectivity index (χ2n) is 3.85. The highest BCUT2D eigenvalue weighted by Crippen LogP contribution is 2.28. The lowest BCUT2D eigenvalue weighted by Gasteiger charge is -2.13. The normalized spacial score (nSPS) is 10.2. The van der Waals surface area contributed by atoms with Crippen LogP contribution in [0.2, 0.25) is 0 Å². The van der Waals surface area contributed by atoms with E-state index < -0.39 is 0 Å². The smallest absolute Gasteiger partial charge is 0.182 e. The molecule has 0 aliphatic rings. The molecule has 0 amide bonds. The quantitative estimate of drug-likeness (QED) is 0.692. The Morgan fingerprint density at radius 3 is 2.50 bits per heavy atom. The zero-order valence-corrected chi connectivity index (χ0v) is 11.8. The molecule has 20 heavy (non-hydrogen) atoms. The van der Waals surface area contributed by atoms with Gasteiger partial charge in [-0.1, -0.05) is 6.07 Å².